The van der Waals surface area contributed by atoms with Gasteiger partial charge in [0.05, 0.1) is 11.4 Å². The Bertz CT molecular complexity index is 502. The van der Waals surface area contributed by atoms with Gasteiger partial charge in [0.2, 0.25) is 10.0 Å². The van der Waals surface area contributed by atoms with Gasteiger partial charge in [-0.25, -0.2) is 8.42 Å². The van der Waals surface area contributed by atoms with Gasteiger partial charge in [-0.05, 0) is 30.7 Å². The predicted molar refractivity (Wildman–Crippen MR) is 69.3 cm³/mol. The lowest BCUT2D eigenvalue weighted by atomic mass is 10.4. The van der Waals surface area contributed by atoms with Crippen molar-refractivity contribution in [2.75, 3.05) is 13.1 Å². The van der Waals surface area contributed by atoms with Gasteiger partial charge in [0.1, 0.15) is 0 Å². The summed E-state index contributed by atoms with van der Waals surface area (Å²) in [4.78, 5) is 0.214. The lowest BCUT2D eigenvalue weighted by Gasteiger charge is -2.19. The molecule has 0 atom stereocenters. The summed E-state index contributed by atoms with van der Waals surface area (Å²) < 4.78 is 25.7. The van der Waals surface area contributed by atoms with E-state index >= 15 is 0 Å². The van der Waals surface area contributed by atoms with Crippen molar-refractivity contribution in [1.29, 1.82) is 0 Å². The maximum Gasteiger partial charge on any atom is 0.243 e. The molecule has 1 aromatic rings. The van der Waals surface area contributed by atoms with Gasteiger partial charge >= 0.3 is 0 Å². The van der Waals surface area contributed by atoms with Crippen LogP contribution in [0.25, 0.3) is 0 Å². The molecular weight excluding hydrogens is 258 g/mol. The van der Waals surface area contributed by atoms with Crippen molar-refractivity contribution in [3.8, 4) is 12.3 Å². The summed E-state index contributed by atoms with van der Waals surface area (Å²) in [5.41, 5.74) is 0. The minimum atomic E-state index is -3.51. The average Bonchev–Trinajstić information content (AvgIpc) is 2.29. The highest BCUT2D eigenvalue weighted by Crippen LogP contribution is 2.18. The van der Waals surface area contributed by atoms with Crippen LogP contribution in [-0.4, -0.2) is 25.8 Å². The largest absolute Gasteiger partial charge is 0.243 e. The summed E-state index contributed by atoms with van der Waals surface area (Å²) in [6, 6.07) is 6.07. The van der Waals surface area contributed by atoms with E-state index in [1.165, 1.54) is 16.4 Å². The standard InChI is InChI=1S/C12H14ClNO2S/c1-3-9-14(10-4-2)17(15,16)12-7-5-11(13)6-8-12/h1,5-8H,4,9-10H2,2H3. The second kappa shape index (κ2) is 6.06. The minimum Gasteiger partial charge on any atom is -0.207 e. The molecule has 0 unspecified atom stereocenters. The lowest BCUT2D eigenvalue weighted by molar-refractivity contribution is 0.445. The molecule has 0 aliphatic carbocycles. The molecule has 17 heavy (non-hydrogen) atoms. The van der Waals surface area contributed by atoms with E-state index in [1.54, 1.807) is 12.1 Å². The van der Waals surface area contributed by atoms with Gasteiger partial charge in [0.15, 0.2) is 0 Å². The van der Waals surface area contributed by atoms with E-state index in [0.717, 1.165) is 0 Å². The van der Waals surface area contributed by atoms with Crippen LogP contribution in [0.3, 0.4) is 0 Å². The monoisotopic (exact) mass is 271 g/mol. The molecule has 0 heterocycles. The van der Waals surface area contributed by atoms with Crippen LogP contribution >= 0.6 is 11.6 Å². The van der Waals surface area contributed by atoms with E-state index in [1.807, 2.05) is 6.92 Å². The fraction of sp³-hybridized carbons (Fsp3) is 0.333. The Morgan fingerprint density at radius 3 is 2.41 bits per heavy atom. The molecule has 0 aliphatic heterocycles. The first-order valence-corrected chi connectivity index (χ1v) is 7.03. The summed E-state index contributed by atoms with van der Waals surface area (Å²) >= 11 is 5.72. The van der Waals surface area contributed by atoms with Crippen LogP contribution < -0.4 is 0 Å². The molecule has 0 aliphatic rings. The molecule has 0 radical (unpaired) electrons. The third kappa shape index (κ3) is 3.47. The van der Waals surface area contributed by atoms with E-state index in [0.29, 0.717) is 18.0 Å². The molecule has 0 aromatic heterocycles. The summed E-state index contributed by atoms with van der Waals surface area (Å²) in [5.74, 6) is 2.36. The summed E-state index contributed by atoms with van der Waals surface area (Å²) in [5, 5.41) is 0.503. The van der Waals surface area contributed by atoms with Gasteiger partial charge in [-0.2, -0.15) is 4.31 Å². The molecule has 1 rings (SSSR count). The van der Waals surface area contributed by atoms with Gasteiger partial charge < -0.3 is 0 Å². The summed E-state index contributed by atoms with van der Waals surface area (Å²) in [7, 11) is -3.51. The van der Waals surface area contributed by atoms with E-state index in [4.69, 9.17) is 18.0 Å². The third-order valence-electron chi connectivity index (χ3n) is 2.19. The quantitative estimate of drug-likeness (QED) is 0.771. The number of halogens is 1. The zero-order valence-electron chi connectivity index (χ0n) is 9.56. The molecular formula is C12H14ClNO2S. The molecule has 0 fully saturated rings. The Balaban J connectivity index is 3.08. The van der Waals surface area contributed by atoms with Crippen molar-refractivity contribution in [2.45, 2.75) is 18.2 Å². The highest BCUT2D eigenvalue weighted by molar-refractivity contribution is 7.89. The zero-order chi connectivity index (χ0) is 12.9. The van der Waals surface area contributed by atoms with Gasteiger partial charge in [-0.15, -0.1) is 6.42 Å². The van der Waals surface area contributed by atoms with Crippen LogP contribution in [0.5, 0.6) is 0 Å². The van der Waals surface area contributed by atoms with Crippen LogP contribution in [0.4, 0.5) is 0 Å². The van der Waals surface area contributed by atoms with Gasteiger partial charge in [0, 0.05) is 11.6 Å². The van der Waals surface area contributed by atoms with E-state index in [-0.39, 0.29) is 11.4 Å². The summed E-state index contributed by atoms with van der Waals surface area (Å²) in [6.45, 7) is 2.40. The second-order valence-electron chi connectivity index (χ2n) is 3.50. The molecule has 1 aromatic carbocycles. The minimum absolute atomic E-state index is 0.0821. The number of hydrogen-bond acceptors (Lipinski definition) is 2. The van der Waals surface area contributed by atoms with Crippen molar-refractivity contribution < 1.29 is 8.42 Å². The van der Waals surface area contributed by atoms with Crippen molar-refractivity contribution in [2.24, 2.45) is 0 Å². The SMILES string of the molecule is C#CCN(CCC)S(=O)(=O)c1ccc(Cl)cc1. The van der Waals surface area contributed by atoms with Crippen LogP contribution in [0.2, 0.25) is 5.02 Å². The third-order valence-corrected chi connectivity index (χ3v) is 4.30. The number of terminal acetylenes is 1. The second-order valence-corrected chi connectivity index (χ2v) is 5.87. The molecule has 5 heteroatoms. The fourth-order valence-corrected chi connectivity index (χ4v) is 2.96. The highest BCUT2D eigenvalue weighted by atomic mass is 35.5. The normalized spacial score (nSPS) is 11.4. The van der Waals surface area contributed by atoms with Gasteiger partial charge in [-0.1, -0.05) is 24.4 Å². The van der Waals surface area contributed by atoms with Gasteiger partial charge in [0.25, 0.3) is 0 Å². The predicted octanol–water partition coefficient (Wildman–Crippen LogP) is 2.37. The number of rotatable bonds is 5. The number of sulfonamides is 1. The van der Waals surface area contributed by atoms with Crippen molar-refractivity contribution in [3.63, 3.8) is 0 Å². The Kier molecular flexibility index (Phi) is 5.01. The number of benzene rings is 1. The Morgan fingerprint density at radius 1 is 1.35 bits per heavy atom. The molecule has 0 N–H and O–H groups in total. The molecule has 92 valence electrons. The first-order valence-electron chi connectivity index (χ1n) is 5.21. The van der Waals surface area contributed by atoms with Crippen LogP contribution in [0, 0.1) is 12.3 Å². The summed E-state index contributed by atoms with van der Waals surface area (Å²) in [6.07, 6.45) is 5.90. The Morgan fingerprint density at radius 2 is 1.94 bits per heavy atom. The zero-order valence-corrected chi connectivity index (χ0v) is 11.1. The smallest absolute Gasteiger partial charge is 0.207 e. The highest BCUT2D eigenvalue weighted by Gasteiger charge is 2.22. The molecule has 0 spiro atoms. The molecule has 3 nitrogen and oxygen atoms in total. The van der Waals surface area contributed by atoms with Crippen molar-refractivity contribution >= 4 is 21.6 Å². The van der Waals surface area contributed by atoms with Crippen LogP contribution in [0.15, 0.2) is 29.2 Å². The van der Waals surface area contributed by atoms with Crippen molar-refractivity contribution in [1.82, 2.24) is 4.31 Å². The number of hydrogen-bond donors (Lipinski definition) is 0. The first kappa shape index (κ1) is 14.0. The maximum atomic E-state index is 12.2. The Hall–Kier alpha value is -1.02. The van der Waals surface area contributed by atoms with Crippen molar-refractivity contribution in [3.05, 3.63) is 29.3 Å². The first-order chi connectivity index (χ1) is 8.02. The van der Waals surface area contributed by atoms with E-state index in [9.17, 15) is 8.42 Å². The average molecular weight is 272 g/mol. The molecule has 0 bridgehead atoms. The maximum absolute atomic E-state index is 12.2. The lowest BCUT2D eigenvalue weighted by Crippen LogP contribution is -2.32. The van der Waals surface area contributed by atoms with E-state index in [2.05, 4.69) is 5.92 Å². The molecule has 0 saturated carbocycles. The van der Waals surface area contributed by atoms with E-state index < -0.39 is 10.0 Å². The molecule has 0 saturated heterocycles. The van der Waals surface area contributed by atoms with Gasteiger partial charge in [-0.3, -0.25) is 0 Å². The van der Waals surface area contributed by atoms with Crippen LogP contribution in [-0.2, 0) is 10.0 Å². The number of nitrogens with zero attached hydrogens (tertiary/aromatic N) is 1. The molecule has 0 amide bonds. The Labute approximate surface area is 107 Å². The fourth-order valence-electron chi connectivity index (χ4n) is 1.39. The van der Waals surface area contributed by atoms with Crippen LogP contribution in [0.1, 0.15) is 13.3 Å². The topological polar surface area (TPSA) is 37.4 Å².